The monoisotopic (exact) mass is 382 g/mol. The Labute approximate surface area is 145 Å². The fourth-order valence-electron chi connectivity index (χ4n) is 3.05. The minimum absolute atomic E-state index is 0. The first kappa shape index (κ1) is 18.0. The van der Waals surface area contributed by atoms with Crippen LogP contribution in [0.5, 0.6) is 0 Å². The average Bonchev–Trinajstić information content (AvgIpc) is 2.94. The predicted molar refractivity (Wildman–Crippen MR) is 73.9 cm³/mol. The van der Waals surface area contributed by atoms with Crippen molar-refractivity contribution in [3.8, 4) is 0 Å². The SMILES string of the molecule is CC1=C(C)[C](C)([Zr+2][C]2=CC=CC2)c2ccccc21.[Cl-].[Cl-]. The number of rotatable bonds is 2. The second kappa shape index (κ2) is 6.78. The van der Waals surface area contributed by atoms with Crippen LogP contribution in [0.2, 0.25) is 0 Å². The van der Waals surface area contributed by atoms with E-state index < -0.39 is 23.2 Å². The van der Waals surface area contributed by atoms with Crippen molar-refractivity contribution in [2.24, 2.45) is 0 Å². The van der Waals surface area contributed by atoms with Gasteiger partial charge in [-0.05, 0) is 0 Å². The van der Waals surface area contributed by atoms with Crippen LogP contribution in [0.3, 0.4) is 0 Å². The van der Waals surface area contributed by atoms with Gasteiger partial charge >= 0.3 is 122 Å². The molecule has 1 aromatic carbocycles. The molecule has 0 fully saturated rings. The standard InChI is InChI=1S/C12H13.C5H5.2ClH.Zr/c1-8-9(2)11-6-4-5-7-12(11)10(8)3;1-2-4-5-3-1;;;/h4-7H,1-3H3;1-3H,4H2;2*1H;/q;;;;+2/p-2. The van der Waals surface area contributed by atoms with Gasteiger partial charge in [-0.15, -0.1) is 0 Å². The number of allylic oxidation sites excluding steroid dienone is 6. The topological polar surface area (TPSA) is 0 Å². The molecule has 0 radical (unpaired) electrons. The Hall–Kier alpha value is -0.0969. The maximum absolute atomic E-state index is 2.48. The molecule has 0 amide bonds. The summed E-state index contributed by atoms with van der Waals surface area (Å²) in [6.45, 7) is 7.11. The van der Waals surface area contributed by atoms with E-state index >= 15 is 0 Å². The van der Waals surface area contributed by atoms with Crippen LogP contribution in [0.15, 0.2) is 51.3 Å². The average molecular weight is 384 g/mol. The van der Waals surface area contributed by atoms with Crippen LogP contribution in [0, 0.1) is 0 Å². The van der Waals surface area contributed by atoms with Crippen LogP contribution >= 0.6 is 0 Å². The maximum atomic E-state index is 2.48. The number of halogens is 2. The van der Waals surface area contributed by atoms with Gasteiger partial charge in [-0.25, -0.2) is 0 Å². The minimum atomic E-state index is -0.600. The van der Waals surface area contributed by atoms with Gasteiger partial charge in [-0.2, -0.15) is 0 Å². The van der Waals surface area contributed by atoms with Crippen molar-refractivity contribution < 1.29 is 48.0 Å². The third kappa shape index (κ3) is 2.78. The van der Waals surface area contributed by atoms with E-state index in [9.17, 15) is 0 Å². The Morgan fingerprint density at radius 2 is 1.80 bits per heavy atom. The van der Waals surface area contributed by atoms with E-state index in [1.54, 1.807) is 14.4 Å². The molecule has 2 aliphatic rings. The van der Waals surface area contributed by atoms with Gasteiger partial charge in [0.2, 0.25) is 0 Å². The van der Waals surface area contributed by atoms with Gasteiger partial charge in [0.1, 0.15) is 0 Å². The Kier molecular flexibility index (Phi) is 6.08. The summed E-state index contributed by atoms with van der Waals surface area (Å²) in [5.74, 6) is 0. The summed E-state index contributed by atoms with van der Waals surface area (Å²) < 4.78 is 2.09. The molecule has 3 rings (SSSR count). The molecule has 0 N–H and O–H groups in total. The van der Waals surface area contributed by atoms with E-state index in [-0.39, 0.29) is 24.8 Å². The van der Waals surface area contributed by atoms with Crippen LogP contribution in [0.1, 0.15) is 38.3 Å². The van der Waals surface area contributed by atoms with Gasteiger partial charge in [0.15, 0.2) is 0 Å². The van der Waals surface area contributed by atoms with Crippen molar-refractivity contribution in [1.82, 2.24) is 0 Å². The number of fused-ring (bicyclic) bond motifs is 1. The van der Waals surface area contributed by atoms with Crippen LogP contribution in [-0.4, -0.2) is 0 Å². The first-order valence-corrected chi connectivity index (χ1v) is 9.00. The van der Waals surface area contributed by atoms with Crippen LogP contribution in [-0.2, 0) is 26.4 Å². The Morgan fingerprint density at radius 1 is 1.10 bits per heavy atom. The number of benzene rings is 1. The van der Waals surface area contributed by atoms with Crippen molar-refractivity contribution in [3.63, 3.8) is 0 Å². The Balaban J connectivity index is 0.000001000. The molecule has 1 atom stereocenters. The van der Waals surface area contributed by atoms with Gasteiger partial charge in [-0.3, -0.25) is 0 Å². The van der Waals surface area contributed by atoms with Crippen LogP contribution in [0.25, 0.3) is 5.57 Å². The second-order valence-electron chi connectivity index (χ2n) is 5.37. The van der Waals surface area contributed by atoms with Gasteiger partial charge in [-0.1, -0.05) is 0 Å². The van der Waals surface area contributed by atoms with E-state index in [4.69, 9.17) is 0 Å². The maximum Gasteiger partial charge on any atom is -1.00 e. The summed E-state index contributed by atoms with van der Waals surface area (Å²) >= 11 is -0.600. The molecule has 0 aliphatic heterocycles. The van der Waals surface area contributed by atoms with Gasteiger partial charge in [0.05, 0.1) is 0 Å². The second-order valence-corrected chi connectivity index (χ2v) is 10.0. The zero-order valence-corrected chi connectivity index (χ0v) is 16.0. The quantitative estimate of drug-likeness (QED) is 0.591. The minimum Gasteiger partial charge on any atom is -1.00 e. The molecule has 104 valence electrons. The molecule has 1 unspecified atom stereocenters. The molecule has 2 aliphatic carbocycles. The molecular formula is C17H18Cl2Zr. The molecule has 3 heteroatoms. The molecule has 0 saturated carbocycles. The van der Waals surface area contributed by atoms with Crippen molar-refractivity contribution in [3.05, 3.63) is 62.5 Å². The van der Waals surface area contributed by atoms with E-state index in [0.29, 0.717) is 3.12 Å². The van der Waals surface area contributed by atoms with Gasteiger partial charge in [0, 0.05) is 0 Å². The Morgan fingerprint density at radius 3 is 2.45 bits per heavy atom. The molecule has 1 aromatic rings. The number of hydrogen-bond acceptors (Lipinski definition) is 0. The molecular weight excluding hydrogens is 366 g/mol. The molecule has 0 bridgehead atoms. The molecule has 0 spiro atoms. The van der Waals surface area contributed by atoms with E-state index in [1.807, 2.05) is 0 Å². The van der Waals surface area contributed by atoms with Crippen molar-refractivity contribution in [2.45, 2.75) is 30.3 Å². The first-order valence-electron chi connectivity index (χ1n) is 6.54. The molecule has 0 nitrogen and oxygen atoms in total. The van der Waals surface area contributed by atoms with E-state index in [1.165, 1.54) is 17.6 Å². The summed E-state index contributed by atoms with van der Waals surface area (Å²) in [5, 5.41) is 0. The summed E-state index contributed by atoms with van der Waals surface area (Å²) in [6.07, 6.45) is 8.09. The zero-order valence-electron chi connectivity index (χ0n) is 12.0. The fraction of sp³-hybridized carbons (Fsp3) is 0.294. The molecule has 20 heavy (non-hydrogen) atoms. The summed E-state index contributed by atoms with van der Waals surface area (Å²) in [5.41, 5.74) is 6.20. The summed E-state index contributed by atoms with van der Waals surface area (Å²) in [6, 6.07) is 9.01. The van der Waals surface area contributed by atoms with E-state index in [2.05, 4.69) is 63.3 Å². The third-order valence-electron chi connectivity index (χ3n) is 4.36. The smallest absolute Gasteiger partial charge is 1.00 e. The van der Waals surface area contributed by atoms with Crippen molar-refractivity contribution in [2.75, 3.05) is 0 Å². The Bertz CT molecular complexity index is 599. The summed E-state index contributed by atoms with van der Waals surface area (Å²) in [4.78, 5) is 0. The number of hydrogen-bond donors (Lipinski definition) is 0. The van der Waals surface area contributed by atoms with Crippen LogP contribution in [0.4, 0.5) is 0 Å². The fourth-order valence-corrected chi connectivity index (χ4v) is 7.40. The van der Waals surface area contributed by atoms with Crippen molar-refractivity contribution >= 4 is 5.57 Å². The summed E-state index contributed by atoms with van der Waals surface area (Å²) in [7, 11) is 0. The predicted octanol–water partition coefficient (Wildman–Crippen LogP) is -1.36. The third-order valence-corrected chi connectivity index (χ3v) is 8.88. The van der Waals surface area contributed by atoms with E-state index in [0.717, 1.165) is 0 Å². The van der Waals surface area contributed by atoms with Gasteiger partial charge in [0.25, 0.3) is 0 Å². The van der Waals surface area contributed by atoms with Crippen LogP contribution < -0.4 is 24.8 Å². The zero-order chi connectivity index (χ0) is 12.8. The largest absolute Gasteiger partial charge is 1.00 e. The molecule has 0 heterocycles. The molecule has 0 aromatic heterocycles. The first-order chi connectivity index (χ1) is 8.63. The normalized spacial score (nSPS) is 22.6. The molecule has 0 saturated heterocycles. The van der Waals surface area contributed by atoms with Gasteiger partial charge < -0.3 is 24.8 Å². The van der Waals surface area contributed by atoms with Crippen molar-refractivity contribution in [1.29, 1.82) is 0 Å².